The molecule has 1 aromatic heterocycles. The van der Waals surface area contributed by atoms with Crippen molar-refractivity contribution < 1.29 is 24.3 Å². The lowest BCUT2D eigenvalue weighted by Gasteiger charge is -2.22. The van der Waals surface area contributed by atoms with E-state index in [0.29, 0.717) is 11.4 Å². The van der Waals surface area contributed by atoms with Crippen LogP contribution in [0.3, 0.4) is 0 Å². The van der Waals surface area contributed by atoms with E-state index in [2.05, 4.69) is 25.9 Å². The van der Waals surface area contributed by atoms with Crippen LogP contribution in [-0.2, 0) is 25.6 Å². The van der Waals surface area contributed by atoms with Gasteiger partial charge in [0.25, 0.3) is 0 Å². The molecule has 7 N–H and O–H groups in total. The topological polar surface area (TPSA) is 179 Å². The lowest BCUT2D eigenvalue weighted by Crippen LogP contribution is -2.56. The molecule has 12 heteroatoms. The summed E-state index contributed by atoms with van der Waals surface area (Å²) in [5, 5.41) is 16.7. The minimum atomic E-state index is -1.15. The van der Waals surface area contributed by atoms with Gasteiger partial charge in [-0.05, 0) is 32.3 Å². The molecule has 0 bridgehead atoms. The number of amides is 3. The third kappa shape index (κ3) is 8.52. The summed E-state index contributed by atoms with van der Waals surface area (Å²) in [6, 6.07) is -3.86. The van der Waals surface area contributed by atoms with E-state index in [0.717, 1.165) is 0 Å². The van der Waals surface area contributed by atoms with Gasteiger partial charge < -0.3 is 31.8 Å². The van der Waals surface area contributed by atoms with Gasteiger partial charge >= 0.3 is 5.97 Å². The van der Waals surface area contributed by atoms with E-state index >= 15 is 0 Å². The van der Waals surface area contributed by atoms with Crippen LogP contribution in [0, 0.1) is 0 Å². The SMILES string of the molecule is CSCCC(NC(=O)C(C)NC(=O)C(Cc1cnc[nH]1)NC(=O)C(C)N)C(=O)O. The van der Waals surface area contributed by atoms with Gasteiger partial charge in [0.1, 0.15) is 18.1 Å². The molecule has 0 saturated carbocycles. The maximum absolute atomic E-state index is 12.6. The number of rotatable bonds is 12. The number of nitrogens with one attached hydrogen (secondary N) is 4. The molecular formula is C17H28N6O5S. The summed E-state index contributed by atoms with van der Waals surface area (Å²) < 4.78 is 0. The number of carbonyl (C=O) groups excluding carboxylic acids is 3. The van der Waals surface area contributed by atoms with Gasteiger partial charge in [-0.3, -0.25) is 14.4 Å². The third-order valence-electron chi connectivity index (χ3n) is 4.00. The maximum Gasteiger partial charge on any atom is 0.326 e. The molecule has 0 aliphatic carbocycles. The summed E-state index contributed by atoms with van der Waals surface area (Å²) in [5.74, 6) is -2.34. The maximum atomic E-state index is 12.6. The first-order chi connectivity index (χ1) is 13.6. The number of hydrogen-bond donors (Lipinski definition) is 6. The van der Waals surface area contributed by atoms with Crippen LogP contribution in [0.15, 0.2) is 12.5 Å². The lowest BCUT2D eigenvalue weighted by atomic mass is 10.1. The molecule has 1 aromatic rings. The predicted molar refractivity (Wildman–Crippen MR) is 108 cm³/mol. The molecule has 11 nitrogen and oxygen atoms in total. The van der Waals surface area contributed by atoms with Crippen molar-refractivity contribution >= 4 is 35.5 Å². The van der Waals surface area contributed by atoms with Gasteiger partial charge in [-0.1, -0.05) is 0 Å². The van der Waals surface area contributed by atoms with Gasteiger partial charge in [-0.25, -0.2) is 9.78 Å². The quantitative estimate of drug-likeness (QED) is 0.235. The number of carbonyl (C=O) groups is 4. The molecule has 3 amide bonds. The number of aliphatic carboxylic acids is 1. The van der Waals surface area contributed by atoms with E-state index in [1.54, 1.807) is 0 Å². The standard InChI is InChI=1S/C17H28N6O5S/c1-9(18)14(24)23-13(6-11-7-19-8-20-11)16(26)21-10(2)15(25)22-12(17(27)28)4-5-29-3/h7-10,12-13H,4-6,18H2,1-3H3,(H,19,20)(H,21,26)(H,22,25)(H,23,24)(H,27,28). The molecule has 162 valence electrons. The fourth-order valence-corrected chi connectivity index (χ4v) is 2.77. The lowest BCUT2D eigenvalue weighted by molar-refractivity contribution is -0.142. The van der Waals surface area contributed by atoms with Crippen LogP contribution < -0.4 is 21.7 Å². The zero-order valence-corrected chi connectivity index (χ0v) is 17.4. The Bertz CT molecular complexity index is 696. The molecule has 0 fully saturated rings. The fraction of sp³-hybridized carbons (Fsp3) is 0.588. The van der Waals surface area contributed by atoms with Crippen molar-refractivity contribution in [3.63, 3.8) is 0 Å². The van der Waals surface area contributed by atoms with E-state index in [9.17, 15) is 24.3 Å². The Balaban J connectivity index is 2.76. The Morgan fingerprint density at radius 2 is 1.79 bits per heavy atom. The number of carboxylic acid groups (broad SMARTS) is 1. The zero-order valence-electron chi connectivity index (χ0n) is 16.6. The first kappa shape index (κ1) is 24.4. The van der Waals surface area contributed by atoms with Crippen LogP contribution in [0.2, 0.25) is 0 Å². The first-order valence-corrected chi connectivity index (χ1v) is 10.4. The van der Waals surface area contributed by atoms with Crippen molar-refractivity contribution in [2.75, 3.05) is 12.0 Å². The van der Waals surface area contributed by atoms with Crippen molar-refractivity contribution in [3.8, 4) is 0 Å². The number of hydrogen-bond acceptors (Lipinski definition) is 7. The molecule has 0 aliphatic heterocycles. The summed E-state index contributed by atoms with van der Waals surface area (Å²) in [6.45, 7) is 2.92. The van der Waals surface area contributed by atoms with Crippen molar-refractivity contribution in [2.24, 2.45) is 5.73 Å². The van der Waals surface area contributed by atoms with Crippen LogP contribution >= 0.6 is 11.8 Å². The van der Waals surface area contributed by atoms with Gasteiger partial charge in [0.05, 0.1) is 12.4 Å². The van der Waals surface area contributed by atoms with Crippen LogP contribution in [0.4, 0.5) is 0 Å². The van der Waals surface area contributed by atoms with Crippen molar-refractivity contribution in [3.05, 3.63) is 18.2 Å². The molecule has 29 heavy (non-hydrogen) atoms. The van der Waals surface area contributed by atoms with Crippen LogP contribution in [0.1, 0.15) is 26.0 Å². The van der Waals surface area contributed by atoms with E-state index < -0.39 is 47.9 Å². The van der Waals surface area contributed by atoms with Crippen LogP contribution in [0.25, 0.3) is 0 Å². The van der Waals surface area contributed by atoms with E-state index in [1.807, 2.05) is 6.26 Å². The van der Waals surface area contributed by atoms with Gasteiger partial charge in [0.15, 0.2) is 0 Å². The smallest absolute Gasteiger partial charge is 0.326 e. The number of imidazole rings is 1. The van der Waals surface area contributed by atoms with Crippen LogP contribution in [0.5, 0.6) is 0 Å². The number of aromatic nitrogens is 2. The Labute approximate surface area is 173 Å². The molecule has 1 rings (SSSR count). The monoisotopic (exact) mass is 428 g/mol. The third-order valence-corrected chi connectivity index (χ3v) is 4.65. The highest BCUT2D eigenvalue weighted by Gasteiger charge is 2.28. The number of aromatic amines is 1. The molecule has 1 heterocycles. The molecule has 0 saturated heterocycles. The highest BCUT2D eigenvalue weighted by atomic mass is 32.2. The summed E-state index contributed by atoms with van der Waals surface area (Å²) in [5.41, 5.74) is 6.15. The average Bonchev–Trinajstić information content (AvgIpc) is 3.16. The number of nitrogens with zero attached hydrogens (tertiary/aromatic N) is 1. The van der Waals surface area contributed by atoms with Crippen molar-refractivity contribution in [2.45, 2.75) is 50.9 Å². The Morgan fingerprint density at radius 1 is 1.14 bits per heavy atom. The first-order valence-electron chi connectivity index (χ1n) is 9.01. The van der Waals surface area contributed by atoms with Gasteiger partial charge in [-0.15, -0.1) is 0 Å². The van der Waals surface area contributed by atoms with E-state index in [1.165, 1.54) is 38.1 Å². The highest BCUT2D eigenvalue weighted by Crippen LogP contribution is 2.03. The second-order valence-corrected chi connectivity index (χ2v) is 7.53. The number of nitrogens with two attached hydrogens (primary N) is 1. The zero-order chi connectivity index (χ0) is 22.0. The average molecular weight is 429 g/mol. The van der Waals surface area contributed by atoms with E-state index in [4.69, 9.17) is 5.73 Å². The number of thioether (sulfide) groups is 1. The number of carboxylic acids is 1. The molecule has 0 aromatic carbocycles. The number of H-pyrrole nitrogens is 1. The van der Waals surface area contributed by atoms with E-state index in [-0.39, 0.29) is 12.8 Å². The summed E-state index contributed by atoms with van der Waals surface area (Å²) >= 11 is 1.46. The molecule has 4 atom stereocenters. The fourth-order valence-electron chi connectivity index (χ4n) is 2.30. The Morgan fingerprint density at radius 3 is 2.31 bits per heavy atom. The summed E-state index contributed by atoms with van der Waals surface area (Å²) in [4.78, 5) is 54.9. The van der Waals surface area contributed by atoms with Crippen LogP contribution in [-0.4, -0.2) is 74.9 Å². The van der Waals surface area contributed by atoms with Crippen molar-refractivity contribution in [1.29, 1.82) is 0 Å². The molecule has 0 spiro atoms. The highest BCUT2D eigenvalue weighted by molar-refractivity contribution is 7.98. The molecule has 0 radical (unpaired) electrons. The normalized spacial score (nSPS) is 14.9. The minimum absolute atomic E-state index is 0.115. The van der Waals surface area contributed by atoms with Gasteiger partial charge in [0, 0.05) is 18.3 Å². The second kappa shape index (κ2) is 12.1. The minimum Gasteiger partial charge on any atom is -0.480 e. The summed E-state index contributed by atoms with van der Waals surface area (Å²) in [7, 11) is 0. The predicted octanol–water partition coefficient (Wildman–Crippen LogP) is -1.39. The molecular weight excluding hydrogens is 400 g/mol. The Hall–Kier alpha value is -2.60. The van der Waals surface area contributed by atoms with Crippen molar-refractivity contribution in [1.82, 2.24) is 25.9 Å². The van der Waals surface area contributed by atoms with Gasteiger partial charge in [-0.2, -0.15) is 11.8 Å². The Kier molecular flexibility index (Phi) is 10.2. The molecule has 4 unspecified atom stereocenters. The summed E-state index contributed by atoms with van der Waals surface area (Å²) in [6.07, 6.45) is 5.16. The molecule has 0 aliphatic rings. The van der Waals surface area contributed by atoms with Gasteiger partial charge in [0.2, 0.25) is 17.7 Å². The second-order valence-electron chi connectivity index (χ2n) is 6.54. The largest absolute Gasteiger partial charge is 0.480 e.